The van der Waals surface area contributed by atoms with E-state index in [2.05, 4.69) is 43.6 Å². The van der Waals surface area contributed by atoms with Crippen LogP contribution in [0.2, 0.25) is 0 Å². The monoisotopic (exact) mass is 366 g/mol. The van der Waals surface area contributed by atoms with Gasteiger partial charge in [0.05, 0.1) is 0 Å². The highest BCUT2D eigenvalue weighted by atomic mass is 79.9. The second kappa shape index (κ2) is 14.8. The van der Waals surface area contributed by atoms with E-state index in [1.54, 1.807) is 0 Å². The molecular weight excluding hydrogens is 327 g/mol. The van der Waals surface area contributed by atoms with Crippen LogP contribution in [0, 0.1) is 5.92 Å². The summed E-state index contributed by atoms with van der Waals surface area (Å²) in [5.74, 6) is 0.894. The van der Waals surface area contributed by atoms with Crippen molar-refractivity contribution >= 4 is 25.8 Å². The van der Waals surface area contributed by atoms with Crippen LogP contribution in [0.15, 0.2) is 0 Å². The van der Waals surface area contributed by atoms with Crippen molar-refractivity contribution in [2.45, 2.75) is 109 Å². The maximum atomic E-state index is 4.21. The Bertz CT molecular complexity index is 178. The van der Waals surface area contributed by atoms with Crippen LogP contribution in [-0.4, -0.2) is 4.32 Å². The molecule has 0 amide bonds. The van der Waals surface area contributed by atoms with Crippen LogP contribution < -0.4 is 0 Å². The maximum Gasteiger partial charge on any atom is 0.0286 e. The zero-order valence-electron chi connectivity index (χ0n) is 14.6. The van der Waals surface area contributed by atoms with Crippen LogP contribution >= 0.6 is 25.8 Å². The summed E-state index contributed by atoms with van der Waals surface area (Å²) in [5.41, 5.74) is 0. The molecule has 124 valence electrons. The van der Waals surface area contributed by atoms with Gasteiger partial charge in [0, 0.05) is 4.32 Å². The second-order valence-electron chi connectivity index (χ2n) is 6.22. The predicted molar refractivity (Wildman–Crippen MR) is 104 cm³/mol. The highest BCUT2D eigenvalue weighted by molar-refractivity contribution is 9.10. The van der Waals surface area contributed by atoms with Crippen LogP contribution in [0.4, 0.5) is 0 Å². The maximum absolute atomic E-state index is 4.21. The molecule has 0 bridgehead atoms. The number of hydrogen-bond acceptors (Lipinski definition) is 0. The number of halogens is 1. The summed E-state index contributed by atoms with van der Waals surface area (Å²) < 4.78 is 0.434. The smallest absolute Gasteiger partial charge is 0.0286 e. The first-order chi connectivity index (χ1) is 9.14. The summed E-state index contributed by atoms with van der Waals surface area (Å²) in [5, 5.41) is 0. The summed E-state index contributed by atoms with van der Waals surface area (Å²) in [7, 11) is 0. The van der Waals surface area contributed by atoms with Crippen molar-refractivity contribution in [3.05, 3.63) is 0 Å². The largest absolute Gasteiger partial charge is 0.153 e. The Balaban J connectivity index is 0. The van der Waals surface area contributed by atoms with Gasteiger partial charge in [-0.05, 0) is 31.6 Å². The van der Waals surface area contributed by atoms with Crippen LogP contribution in [0.5, 0.6) is 0 Å². The van der Waals surface area contributed by atoms with E-state index in [1.807, 2.05) is 0 Å². The molecular formula is C18H40BrP. The van der Waals surface area contributed by atoms with Crippen molar-refractivity contribution in [3.8, 4) is 0 Å². The lowest BCUT2D eigenvalue weighted by Crippen LogP contribution is -2.32. The molecule has 0 heterocycles. The quantitative estimate of drug-likeness (QED) is 0.233. The molecule has 0 aromatic heterocycles. The van der Waals surface area contributed by atoms with Gasteiger partial charge in [0.1, 0.15) is 0 Å². The van der Waals surface area contributed by atoms with Crippen LogP contribution in [-0.2, 0) is 0 Å². The van der Waals surface area contributed by atoms with Gasteiger partial charge in [-0.1, -0.05) is 95.0 Å². The average Bonchev–Trinajstić information content (AvgIpc) is 2.43. The third-order valence-electron chi connectivity index (χ3n) is 4.44. The molecule has 0 aliphatic rings. The number of unbranched alkanes of at least 4 members (excludes halogenated alkanes) is 4. The van der Waals surface area contributed by atoms with Crippen molar-refractivity contribution in [2.24, 2.45) is 5.92 Å². The average molecular weight is 367 g/mol. The number of alkyl halides is 1. The molecule has 0 radical (unpaired) electrons. The molecule has 0 rings (SSSR count). The van der Waals surface area contributed by atoms with Gasteiger partial charge in [-0.25, -0.2) is 0 Å². The van der Waals surface area contributed by atoms with Crippen molar-refractivity contribution in [1.29, 1.82) is 0 Å². The minimum atomic E-state index is 0. The van der Waals surface area contributed by atoms with Crippen molar-refractivity contribution in [1.82, 2.24) is 0 Å². The molecule has 2 heteroatoms. The van der Waals surface area contributed by atoms with Gasteiger partial charge < -0.3 is 0 Å². The second-order valence-corrected chi connectivity index (χ2v) is 7.80. The fourth-order valence-electron chi connectivity index (χ4n) is 3.04. The zero-order valence-corrected chi connectivity index (χ0v) is 17.6. The van der Waals surface area contributed by atoms with E-state index in [1.165, 1.54) is 77.0 Å². The highest BCUT2D eigenvalue weighted by Crippen LogP contribution is 2.43. The Hall–Kier alpha value is 0.910. The van der Waals surface area contributed by atoms with E-state index in [4.69, 9.17) is 0 Å². The molecule has 0 N–H and O–H groups in total. The molecule has 0 aliphatic heterocycles. The standard InChI is InChI=1S/C18H37Br.H3P/c1-5-9-13-17(14-10-6-2)18(19,15-11-7-3)16-12-8-4;/h17H,5-16H2,1-4H3;1H3. The minimum absolute atomic E-state index is 0. The molecule has 0 aliphatic carbocycles. The van der Waals surface area contributed by atoms with Gasteiger partial charge in [0.15, 0.2) is 0 Å². The Labute approximate surface area is 141 Å². The Morgan fingerprint density at radius 3 is 1.35 bits per heavy atom. The molecule has 0 fully saturated rings. The van der Waals surface area contributed by atoms with Crippen molar-refractivity contribution < 1.29 is 0 Å². The van der Waals surface area contributed by atoms with Crippen LogP contribution in [0.3, 0.4) is 0 Å². The summed E-state index contributed by atoms with van der Waals surface area (Å²) in [6.45, 7) is 9.29. The summed E-state index contributed by atoms with van der Waals surface area (Å²) in [4.78, 5) is 0. The first-order valence-electron chi connectivity index (χ1n) is 8.83. The minimum Gasteiger partial charge on any atom is -0.153 e. The van der Waals surface area contributed by atoms with E-state index in [0.29, 0.717) is 4.32 Å². The van der Waals surface area contributed by atoms with Crippen LogP contribution in [0.1, 0.15) is 105 Å². The summed E-state index contributed by atoms with van der Waals surface area (Å²) in [6.07, 6.45) is 16.5. The topological polar surface area (TPSA) is 0 Å². The van der Waals surface area contributed by atoms with E-state index in [9.17, 15) is 0 Å². The van der Waals surface area contributed by atoms with Gasteiger partial charge in [-0.15, -0.1) is 0 Å². The van der Waals surface area contributed by atoms with Crippen molar-refractivity contribution in [3.63, 3.8) is 0 Å². The van der Waals surface area contributed by atoms with Gasteiger partial charge in [-0.2, -0.15) is 9.90 Å². The van der Waals surface area contributed by atoms with E-state index < -0.39 is 0 Å². The Kier molecular flexibility index (Phi) is 17.2. The van der Waals surface area contributed by atoms with E-state index >= 15 is 0 Å². The zero-order chi connectivity index (χ0) is 14.6. The van der Waals surface area contributed by atoms with Crippen LogP contribution in [0.25, 0.3) is 0 Å². The fourth-order valence-corrected chi connectivity index (χ4v) is 4.06. The fraction of sp³-hybridized carbons (Fsp3) is 1.00. The van der Waals surface area contributed by atoms with Crippen molar-refractivity contribution in [2.75, 3.05) is 0 Å². The van der Waals surface area contributed by atoms with Gasteiger partial charge in [-0.3, -0.25) is 0 Å². The molecule has 0 spiro atoms. The Morgan fingerprint density at radius 1 is 0.700 bits per heavy atom. The first kappa shape index (κ1) is 23.2. The van der Waals surface area contributed by atoms with Gasteiger partial charge >= 0.3 is 0 Å². The Morgan fingerprint density at radius 2 is 1.05 bits per heavy atom. The van der Waals surface area contributed by atoms with Gasteiger partial charge in [0.2, 0.25) is 0 Å². The molecule has 0 aromatic rings. The molecule has 0 nitrogen and oxygen atoms in total. The normalized spacial score (nSPS) is 11.7. The lowest BCUT2D eigenvalue weighted by atomic mass is 9.78. The van der Waals surface area contributed by atoms with Gasteiger partial charge in [0.25, 0.3) is 0 Å². The molecule has 0 saturated carbocycles. The predicted octanol–water partition coefficient (Wildman–Crippen LogP) is 7.56. The number of rotatable bonds is 13. The third kappa shape index (κ3) is 9.78. The van der Waals surface area contributed by atoms with E-state index in [-0.39, 0.29) is 9.90 Å². The molecule has 0 aromatic carbocycles. The lowest BCUT2D eigenvalue weighted by molar-refractivity contribution is 0.284. The molecule has 1 unspecified atom stereocenters. The molecule has 1 atom stereocenters. The molecule has 0 saturated heterocycles. The van der Waals surface area contributed by atoms with E-state index in [0.717, 1.165) is 5.92 Å². The first-order valence-corrected chi connectivity index (χ1v) is 9.62. The summed E-state index contributed by atoms with van der Waals surface area (Å²) in [6, 6.07) is 0. The summed E-state index contributed by atoms with van der Waals surface area (Å²) >= 11 is 4.21. The molecule has 20 heavy (non-hydrogen) atoms. The highest BCUT2D eigenvalue weighted by Gasteiger charge is 2.33. The third-order valence-corrected chi connectivity index (χ3v) is 5.88. The number of hydrogen-bond donors (Lipinski definition) is 0. The SMILES string of the molecule is CCCCC(CCCC)C(Br)(CCCC)CCCC.P. The lowest BCUT2D eigenvalue weighted by Gasteiger charge is -2.37.